The fourth-order valence-corrected chi connectivity index (χ4v) is 4.17. The molecule has 2 aliphatic heterocycles. The molecule has 2 fully saturated rings. The summed E-state index contributed by atoms with van der Waals surface area (Å²) in [6.45, 7) is 3.16. The lowest BCUT2D eigenvalue weighted by molar-refractivity contribution is -0.139. The fourth-order valence-electron chi connectivity index (χ4n) is 4.17. The van der Waals surface area contributed by atoms with Crippen molar-refractivity contribution in [2.75, 3.05) is 13.1 Å². The van der Waals surface area contributed by atoms with Crippen molar-refractivity contribution in [2.24, 2.45) is 0 Å². The van der Waals surface area contributed by atoms with Crippen LogP contribution in [0.15, 0.2) is 30.3 Å². The second-order valence-electron chi connectivity index (χ2n) is 6.91. The molecule has 3 rings (SSSR count). The molecule has 0 spiro atoms. The molecule has 1 aromatic carbocycles. The Hall–Kier alpha value is -2.17. The molecular weight excluding hydrogens is 316 g/mol. The minimum atomic E-state index is -0.147. The zero-order valence-electron chi connectivity index (χ0n) is 14.8. The Bertz CT molecular complexity index is 628. The van der Waals surface area contributed by atoms with Gasteiger partial charge >= 0.3 is 0 Å². The number of carbonyl (C=O) groups is 3. The van der Waals surface area contributed by atoms with Crippen LogP contribution in [-0.2, 0) is 14.4 Å². The van der Waals surface area contributed by atoms with Crippen molar-refractivity contribution in [3.05, 3.63) is 35.9 Å². The van der Waals surface area contributed by atoms with E-state index in [9.17, 15) is 14.4 Å². The highest BCUT2D eigenvalue weighted by Crippen LogP contribution is 2.34. The Morgan fingerprint density at radius 1 is 1.16 bits per heavy atom. The topological polar surface area (TPSA) is 57.7 Å². The average Bonchev–Trinajstić information content (AvgIpc) is 3.22. The van der Waals surface area contributed by atoms with Crippen molar-refractivity contribution in [3.8, 4) is 0 Å². The van der Waals surface area contributed by atoms with Gasteiger partial charge in [0.1, 0.15) is 0 Å². The second kappa shape index (κ2) is 7.81. The van der Waals surface area contributed by atoms with Crippen molar-refractivity contribution in [3.63, 3.8) is 0 Å². The molecule has 25 heavy (non-hydrogen) atoms. The number of imide groups is 1. The third-order valence-electron chi connectivity index (χ3n) is 5.46. The summed E-state index contributed by atoms with van der Waals surface area (Å²) in [6, 6.07) is 10.6. The summed E-state index contributed by atoms with van der Waals surface area (Å²) < 4.78 is 0. The molecule has 1 aromatic rings. The Balaban J connectivity index is 1.65. The molecule has 0 radical (unpaired) electrons. The van der Waals surface area contributed by atoms with E-state index in [1.165, 1.54) is 10.5 Å². The maximum Gasteiger partial charge on any atom is 0.229 e. The Labute approximate surface area is 149 Å². The van der Waals surface area contributed by atoms with Gasteiger partial charge in [-0.15, -0.1) is 0 Å². The maximum atomic E-state index is 12.8. The van der Waals surface area contributed by atoms with Crippen LogP contribution in [0.5, 0.6) is 0 Å². The van der Waals surface area contributed by atoms with Gasteiger partial charge in [-0.3, -0.25) is 19.3 Å². The Morgan fingerprint density at radius 3 is 2.48 bits per heavy atom. The molecule has 2 heterocycles. The zero-order valence-corrected chi connectivity index (χ0v) is 14.8. The van der Waals surface area contributed by atoms with E-state index in [2.05, 4.69) is 19.1 Å². The summed E-state index contributed by atoms with van der Waals surface area (Å²) in [5, 5.41) is 0. The molecule has 2 saturated heterocycles. The first-order valence-corrected chi connectivity index (χ1v) is 9.29. The molecule has 134 valence electrons. The van der Waals surface area contributed by atoms with Gasteiger partial charge in [0.25, 0.3) is 0 Å². The van der Waals surface area contributed by atoms with Crippen molar-refractivity contribution in [1.82, 2.24) is 9.80 Å². The number of rotatable bonds is 6. The summed E-state index contributed by atoms with van der Waals surface area (Å²) >= 11 is 0. The summed E-state index contributed by atoms with van der Waals surface area (Å²) in [5.74, 6) is 0.102. The lowest BCUT2D eigenvalue weighted by atomic mass is 9.87. The molecule has 0 N–H and O–H groups in total. The van der Waals surface area contributed by atoms with Gasteiger partial charge in [0.2, 0.25) is 17.7 Å². The maximum absolute atomic E-state index is 12.8. The van der Waals surface area contributed by atoms with E-state index in [1.807, 2.05) is 23.1 Å². The third kappa shape index (κ3) is 3.75. The van der Waals surface area contributed by atoms with E-state index in [0.717, 1.165) is 25.8 Å². The monoisotopic (exact) mass is 342 g/mol. The number of benzene rings is 1. The van der Waals surface area contributed by atoms with E-state index < -0.39 is 0 Å². The number of hydrogen-bond acceptors (Lipinski definition) is 3. The van der Waals surface area contributed by atoms with Crippen molar-refractivity contribution in [2.45, 2.75) is 57.4 Å². The van der Waals surface area contributed by atoms with E-state index in [0.29, 0.717) is 5.92 Å². The molecule has 0 bridgehead atoms. The normalized spacial score (nSPS) is 21.9. The van der Waals surface area contributed by atoms with Crippen LogP contribution in [0.3, 0.4) is 0 Å². The van der Waals surface area contributed by atoms with Gasteiger partial charge in [-0.25, -0.2) is 0 Å². The first-order valence-electron chi connectivity index (χ1n) is 9.29. The molecule has 2 aliphatic rings. The lowest BCUT2D eigenvalue weighted by Crippen LogP contribution is -2.41. The van der Waals surface area contributed by atoms with Crippen LogP contribution in [0.2, 0.25) is 0 Å². The second-order valence-corrected chi connectivity index (χ2v) is 6.91. The molecule has 0 unspecified atom stereocenters. The lowest BCUT2D eigenvalue weighted by Gasteiger charge is -2.32. The van der Waals surface area contributed by atoms with E-state index in [1.54, 1.807) is 0 Å². The van der Waals surface area contributed by atoms with E-state index in [4.69, 9.17) is 0 Å². The van der Waals surface area contributed by atoms with E-state index in [-0.39, 0.29) is 49.6 Å². The van der Waals surface area contributed by atoms with Crippen LogP contribution in [0.4, 0.5) is 0 Å². The number of likely N-dealkylation sites (tertiary alicyclic amines) is 2. The first kappa shape index (κ1) is 17.6. The molecule has 5 heteroatoms. The van der Waals surface area contributed by atoms with Crippen LogP contribution < -0.4 is 0 Å². The van der Waals surface area contributed by atoms with Crippen molar-refractivity contribution in [1.29, 1.82) is 0 Å². The van der Waals surface area contributed by atoms with Gasteiger partial charge in [0.05, 0.1) is 0 Å². The zero-order chi connectivity index (χ0) is 17.8. The molecule has 0 aromatic heterocycles. The number of carbonyl (C=O) groups excluding carboxylic acids is 3. The number of nitrogens with zero attached hydrogens (tertiary/aromatic N) is 2. The number of amides is 3. The highest BCUT2D eigenvalue weighted by atomic mass is 16.2. The SMILES string of the molecule is CC[C@H](c1ccccc1)[C@@H]1CCCN1C(=O)CCN1C(=O)CCC1=O. The standard InChI is InChI=1S/C20H26N2O3/c1-2-16(15-7-4-3-5-8-15)17-9-6-13-21(17)20(25)12-14-22-18(23)10-11-19(22)24/h3-5,7-8,16-17H,2,6,9-14H2,1H3/t16-,17+/m1/s1. The predicted octanol–water partition coefficient (Wildman–Crippen LogP) is 2.71. The highest BCUT2D eigenvalue weighted by molar-refractivity contribution is 6.02. The fraction of sp³-hybridized carbons (Fsp3) is 0.550. The van der Waals surface area contributed by atoms with Crippen LogP contribution in [0.1, 0.15) is 56.9 Å². The van der Waals surface area contributed by atoms with Crippen LogP contribution in [0.25, 0.3) is 0 Å². The summed E-state index contributed by atoms with van der Waals surface area (Å²) in [7, 11) is 0. The molecule has 2 atom stereocenters. The van der Waals surface area contributed by atoms with Gasteiger partial charge < -0.3 is 4.90 Å². The Kier molecular flexibility index (Phi) is 5.51. The highest BCUT2D eigenvalue weighted by Gasteiger charge is 2.35. The molecule has 5 nitrogen and oxygen atoms in total. The van der Waals surface area contributed by atoms with E-state index >= 15 is 0 Å². The average molecular weight is 342 g/mol. The van der Waals surface area contributed by atoms with Gasteiger partial charge in [-0.2, -0.15) is 0 Å². The van der Waals surface area contributed by atoms with Crippen molar-refractivity contribution < 1.29 is 14.4 Å². The smallest absolute Gasteiger partial charge is 0.229 e. The summed E-state index contributed by atoms with van der Waals surface area (Å²) in [6.07, 6.45) is 3.82. The molecule has 0 saturated carbocycles. The quantitative estimate of drug-likeness (QED) is 0.747. The predicted molar refractivity (Wildman–Crippen MR) is 94.8 cm³/mol. The van der Waals surface area contributed by atoms with Crippen LogP contribution in [0, 0.1) is 0 Å². The van der Waals surface area contributed by atoms with Crippen molar-refractivity contribution >= 4 is 17.7 Å². The summed E-state index contributed by atoms with van der Waals surface area (Å²) in [4.78, 5) is 39.4. The minimum absolute atomic E-state index is 0.0596. The third-order valence-corrected chi connectivity index (χ3v) is 5.46. The van der Waals surface area contributed by atoms with Crippen LogP contribution >= 0.6 is 0 Å². The van der Waals surface area contributed by atoms with Gasteiger partial charge in [0, 0.05) is 44.3 Å². The Morgan fingerprint density at radius 2 is 1.84 bits per heavy atom. The molecule has 0 aliphatic carbocycles. The largest absolute Gasteiger partial charge is 0.339 e. The van der Waals surface area contributed by atoms with Crippen LogP contribution in [-0.4, -0.2) is 46.7 Å². The summed E-state index contributed by atoms with van der Waals surface area (Å²) in [5.41, 5.74) is 1.28. The van der Waals surface area contributed by atoms with Gasteiger partial charge in [0.15, 0.2) is 0 Å². The minimum Gasteiger partial charge on any atom is -0.339 e. The van der Waals surface area contributed by atoms with Gasteiger partial charge in [-0.05, 0) is 24.8 Å². The molecular formula is C20H26N2O3. The molecule has 3 amide bonds. The number of hydrogen-bond donors (Lipinski definition) is 0. The van der Waals surface area contributed by atoms with Gasteiger partial charge in [-0.1, -0.05) is 37.3 Å². The first-order chi connectivity index (χ1) is 12.1.